The molecule has 28 heavy (non-hydrogen) atoms. The number of nitrogens with zero attached hydrogens (tertiary/aromatic N) is 1. The third-order valence-corrected chi connectivity index (χ3v) is 7.37. The van der Waals surface area contributed by atoms with E-state index in [1.54, 1.807) is 32.0 Å². The molecule has 0 spiro atoms. The minimum atomic E-state index is -3.66. The standard InChI is InChI=1S/C21H26N2O4S/c1-14-7-9-23(10-8-14)28(26,27)20-12-17(11-15(2)16(20)3)21(25)22-18-5-4-6-19(24)13-18/h4-6,11-14,24H,7-10H2,1-3H3,(H,22,25). The first-order chi connectivity index (χ1) is 13.2. The van der Waals surface area contributed by atoms with Crippen molar-refractivity contribution in [2.75, 3.05) is 18.4 Å². The Morgan fingerprint density at radius 1 is 1.14 bits per heavy atom. The predicted octanol–water partition coefficient (Wildman–Crippen LogP) is 3.68. The first kappa shape index (κ1) is 20.4. The Hall–Kier alpha value is -2.38. The summed E-state index contributed by atoms with van der Waals surface area (Å²) >= 11 is 0. The summed E-state index contributed by atoms with van der Waals surface area (Å²) in [5.41, 5.74) is 2.12. The predicted molar refractivity (Wildman–Crippen MR) is 109 cm³/mol. The number of amides is 1. The molecule has 1 aliphatic heterocycles. The molecule has 1 amide bonds. The van der Waals surface area contributed by atoms with Gasteiger partial charge < -0.3 is 10.4 Å². The number of aryl methyl sites for hydroxylation is 1. The molecule has 150 valence electrons. The fraction of sp³-hybridized carbons (Fsp3) is 0.381. The van der Waals surface area contributed by atoms with Crippen LogP contribution in [0.4, 0.5) is 5.69 Å². The number of benzene rings is 2. The van der Waals surface area contributed by atoms with Crippen LogP contribution in [0.2, 0.25) is 0 Å². The Kier molecular flexibility index (Phi) is 5.76. The van der Waals surface area contributed by atoms with Crippen LogP contribution in [0.25, 0.3) is 0 Å². The van der Waals surface area contributed by atoms with Gasteiger partial charge in [-0.25, -0.2) is 8.42 Å². The summed E-state index contributed by atoms with van der Waals surface area (Å²) in [6.07, 6.45) is 1.68. The number of phenols is 1. The van der Waals surface area contributed by atoms with Crippen molar-refractivity contribution < 1.29 is 18.3 Å². The molecule has 1 fully saturated rings. The van der Waals surface area contributed by atoms with Gasteiger partial charge in [0.1, 0.15) is 5.75 Å². The molecule has 1 heterocycles. The van der Waals surface area contributed by atoms with E-state index in [4.69, 9.17) is 0 Å². The average molecular weight is 403 g/mol. The Labute approximate surface area is 166 Å². The number of rotatable bonds is 4. The second-order valence-corrected chi connectivity index (χ2v) is 9.41. The highest BCUT2D eigenvalue weighted by Crippen LogP contribution is 2.28. The van der Waals surface area contributed by atoms with Crippen molar-refractivity contribution >= 4 is 21.6 Å². The van der Waals surface area contributed by atoms with Crippen LogP contribution in [-0.4, -0.2) is 36.8 Å². The molecule has 7 heteroatoms. The van der Waals surface area contributed by atoms with Crippen molar-refractivity contribution in [1.82, 2.24) is 4.31 Å². The minimum Gasteiger partial charge on any atom is -0.508 e. The molecule has 1 saturated heterocycles. The highest BCUT2D eigenvalue weighted by Gasteiger charge is 2.30. The number of carbonyl (C=O) groups excluding carboxylic acids is 1. The third kappa shape index (κ3) is 4.20. The van der Waals surface area contributed by atoms with Crippen LogP contribution in [0, 0.1) is 19.8 Å². The van der Waals surface area contributed by atoms with Gasteiger partial charge in [0.25, 0.3) is 5.91 Å². The third-order valence-electron chi connectivity index (χ3n) is 5.35. The number of aromatic hydroxyl groups is 1. The van der Waals surface area contributed by atoms with E-state index in [2.05, 4.69) is 12.2 Å². The van der Waals surface area contributed by atoms with Crippen LogP contribution in [0.1, 0.15) is 41.3 Å². The molecule has 6 nitrogen and oxygen atoms in total. The molecule has 0 aromatic heterocycles. The van der Waals surface area contributed by atoms with E-state index >= 15 is 0 Å². The first-order valence-corrected chi connectivity index (χ1v) is 10.8. The molecule has 2 aromatic carbocycles. The number of nitrogens with one attached hydrogen (secondary N) is 1. The largest absolute Gasteiger partial charge is 0.508 e. The molecular formula is C21H26N2O4S. The highest BCUT2D eigenvalue weighted by atomic mass is 32.2. The SMILES string of the molecule is Cc1cc(C(=O)Nc2cccc(O)c2)cc(S(=O)(=O)N2CCC(C)CC2)c1C. The van der Waals surface area contributed by atoms with Gasteiger partial charge in [-0.3, -0.25) is 4.79 Å². The summed E-state index contributed by atoms with van der Waals surface area (Å²) in [6.45, 7) is 6.71. The molecule has 2 N–H and O–H groups in total. The molecular weight excluding hydrogens is 376 g/mol. The first-order valence-electron chi connectivity index (χ1n) is 9.40. The van der Waals surface area contributed by atoms with E-state index in [9.17, 15) is 18.3 Å². The van der Waals surface area contributed by atoms with Crippen molar-refractivity contribution in [2.24, 2.45) is 5.92 Å². The van der Waals surface area contributed by atoms with Crippen LogP contribution in [0.15, 0.2) is 41.3 Å². The number of anilines is 1. The summed E-state index contributed by atoms with van der Waals surface area (Å²) in [4.78, 5) is 12.9. The summed E-state index contributed by atoms with van der Waals surface area (Å²) in [5, 5.41) is 12.3. The highest BCUT2D eigenvalue weighted by molar-refractivity contribution is 7.89. The number of hydrogen-bond acceptors (Lipinski definition) is 4. The van der Waals surface area contributed by atoms with E-state index in [-0.39, 0.29) is 16.2 Å². The lowest BCUT2D eigenvalue weighted by Crippen LogP contribution is -2.38. The fourth-order valence-electron chi connectivity index (χ4n) is 3.38. The minimum absolute atomic E-state index is 0.0421. The average Bonchev–Trinajstić information content (AvgIpc) is 2.64. The maximum Gasteiger partial charge on any atom is 0.255 e. The smallest absolute Gasteiger partial charge is 0.255 e. The second-order valence-electron chi connectivity index (χ2n) is 7.51. The van der Waals surface area contributed by atoms with Crippen LogP contribution < -0.4 is 5.32 Å². The van der Waals surface area contributed by atoms with Gasteiger partial charge in [-0.15, -0.1) is 0 Å². The van der Waals surface area contributed by atoms with Gasteiger partial charge in [-0.1, -0.05) is 13.0 Å². The number of sulfonamides is 1. The Balaban J connectivity index is 1.93. The molecule has 0 saturated carbocycles. The quantitative estimate of drug-likeness (QED) is 0.817. The summed E-state index contributed by atoms with van der Waals surface area (Å²) in [5.74, 6) is 0.145. The van der Waals surface area contributed by atoms with E-state index in [0.717, 1.165) is 18.4 Å². The molecule has 0 atom stereocenters. The topological polar surface area (TPSA) is 86.7 Å². The van der Waals surface area contributed by atoms with Gasteiger partial charge in [0, 0.05) is 30.4 Å². The number of phenolic OH excluding ortho intramolecular Hbond substituents is 1. The zero-order chi connectivity index (χ0) is 20.5. The number of piperidine rings is 1. The van der Waals surface area contributed by atoms with Gasteiger partial charge >= 0.3 is 0 Å². The van der Waals surface area contributed by atoms with Crippen LogP contribution >= 0.6 is 0 Å². The van der Waals surface area contributed by atoms with E-state index in [1.807, 2.05) is 0 Å². The van der Waals surface area contributed by atoms with E-state index < -0.39 is 15.9 Å². The number of hydrogen-bond donors (Lipinski definition) is 2. The Bertz CT molecular complexity index is 993. The zero-order valence-corrected chi connectivity index (χ0v) is 17.2. The summed E-state index contributed by atoms with van der Waals surface area (Å²) in [7, 11) is -3.66. The molecule has 3 rings (SSSR count). The van der Waals surface area contributed by atoms with Gasteiger partial charge in [0.2, 0.25) is 10.0 Å². The van der Waals surface area contributed by atoms with Gasteiger partial charge in [-0.2, -0.15) is 4.31 Å². The van der Waals surface area contributed by atoms with Crippen molar-refractivity contribution in [3.63, 3.8) is 0 Å². The second kappa shape index (κ2) is 7.93. The molecule has 1 aliphatic rings. The summed E-state index contributed by atoms with van der Waals surface area (Å²) in [6, 6.07) is 9.36. The maximum atomic E-state index is 13.2. The van der Waals surface area contributed by atoms with Crippen molar-refractivity contribution in [3.05, 3.63) is 53.1 Å². The molecule has 2 aromatic rings. The van der Waals surface area contributed by atoms with E-state index in [0.29, 0.717) is 30.3 Å². The van der Waals surface area contributed by atoms with Crippen LogP contribution in [-0.2, 0) is 10.0 Å². The number of carbonyl (C=O) groups is 1. The maximum absolute atomic E-state index is 13.2. The lowest BCUT2D eigenvalue weighted by molar-refractivity contribution is 0.102. The van der Waals surface area contributed by atoms with Gasteiger partial charge in [0.15, 0.2) is 0 Å². The Morgan fingerprint density at radius 2 is 1.82 bits per heavy atom. The van der Waals surface area contributed by atoms with Crippen molar-refractivity contribution in [2.45, 2.75) is 38.5 Å². The molecule has 0 aliphatic carbocycles. The monoisotopic (exact) mass is 402 g/mol. The van der Waals surface area contributed by atoms with Gasteiger partial charge in [-0.05, 0) is 68.0 Å². The lowest BCUT2D eigenvalue weighted by Gasteiger charge is -2.30. The fourth-order valence-corrected chi connectivity index (χ4v) is 5.17. The zero-order valence-electron chi connectivity index (χ0n) is 16.4. The molecule has 0 bridgehead atoms. The normalized spacial score (nSPS) is 16.1. The van der Waals surface area contributed by atoms with Gasteiger partial charge in [0.05, 0.1) is 4.90 Å². The van der Waals surface area contributed by atoms with Crippen molar-refractivity contribution in [1.29, 1.82) is 0 Å². The molecule has 0 unspecified atom stereocenters. The molecule has 0 radical (unpaired) electrons. The lowest BCUT2D eigenvalue weighted by atomic mass is 10.0. The Morgan fingerprint density at radius 3 is 2.46 bits per heavy atom. The van der Waals surface area contributed by atoms with E-state index in [1.165, 1.54) is 22.5 Å². The van der Waals surface area contributed by atoms with Crippen molar-refractivity contribution in [3.8, 4) is 5.75 Å². The summed E-state index contributed by atoms with van der Waals surface area (Å²) < 4.78 is 27.9. The van der Waals surface area contributed by atoms with Crippen LogP contribution in [0.3, 0.4) is 0 Å². The van der Waals surface area contributed by atoms with Crippen LogP contribution in [0.5, 0.6) is 5.75 Å².